The fourth-order valence-corrected chi connectivity index (χ4v) is 5.18. The third-order valence-corrected chi connectivity index (χ3v) is 6.04. The number of hydrogen-bond acceptors (Lipinski definition) is 0. The molecule has 1 heteroatoms. The molecule has 0 bridgehead atoms. The lowest BCUT2D eigenvalue weighted by atomic mass is 9.81. The highest BCUT2D eigenvalue weighted by Crippen LogP contribution is 2.50. The van der Waals surface area contributed by atoms with Crippen molar-refractivity contribution >= 4 is 8.58 Å². The third-order valence-electron chi connectivity index (χ3n) is 3.76. The molecule has 0 aromatic carbocycles. The maximum Gasteiger partial charge on any atom is -0.0180 e. The Morgan fingerprint density at radius 1 is 1.29 bits per heavy atom. The second-order valence-corrected chi connectivity index (χ2v) is 7.49. The largest absolute Gasteiger partial charge is 0.115 e. The molecule has 0 aliphatic carbocycles. The van der Waals surface area contributed by atoms with Crippen LogP contribution in [-0.4, -0.2) is 11.3 Å². The Labute approximate surface area is 92.0 Å². The van der Waals surface area contributed by atoms with E-state index in [9.17, 15) is 0 Å². The molecule has 84 valence electrons. The van der Waals surface area contributed by atoms with Crippen molar-refractivity contribution in [3.8, 4) is 0 Å². The molecule has 1 heterocycles. The highest BCUT2D eigenvalue weighted by atomic mass is 31.1. The summed E-state index contributed by atoms with van der Waals surface area (Å²) in [5, 5.41) is 0. The first-order chi connectivity index (χ1) is 6.56. The van der Waals surface area contributed by atoms with Crippen LogP contribution in [0.1, 0.15) is 53.9 Å². The monoisotopic (exact) mass is 214 g/mol. The average Bonchev–Trinajstić information content (AvgIpc) is 2.48. The van der Waals surface area contributed by atoms with Crippen molar-refractivity contribution < 1.29 is 0 Å². The maximum absolute atomic E-state index is 2.48. The summed E-state index contributed by atoms with van der Waals surface area (Å²) in [6, 6.07) is 0. The van der Waals surface area contributed by atoms with Crippen molar-refractivity contribution in [3.63, 3.8) is 0 Å². The molecule has 1 aliphatic heterocycles. The van der Waals surface area contributed by atoms with Crippen LogP contribution < -0.4 is 0 Å². The summed E-state index contributed by atoms with van der Waals surface area (Å²) in [6.45, 7) is 12.1. The Morgan fingerprint density at radius 3 is 2.43 bits per heavy atom. The van der Waals surface area contributed by atoms with Gasteiger partial charge in [0.1, 0.15) is 0 Å². The van der Waals surface area contributed by atoms with Crippen molar-refractivity contribution in [1.82, 2.24) is 0 Å². The predicted octanol–water partition coefficient (Wildman–Crippen LogP) is 4.53. The molecule has 5 atom stereocenters. The molecule has 0 aromatic rings. The Morgan fingerprint density at radius 2 is 1.93 bits per heavy atom. The Hall–Kier alpha value is 0.430. The van der Waals surface area contributed by atoms with Crippen LogP contribution in [0, 0.1) is 17.8 Å². The van der Waals surface area contributed by atoms with E-state index in [-0.39, 0.29) is 0 Å². The third kappa shape index (κ3) is 2.96. The van der Waals surface area contributed by atoms with Crippen molar-refractivity contribution in [3.05, 3.63) is 0 Å². The smallest absolute Gasteiger partial charge is 0.0180 e. The van der Waals surface area contributed by atoms with E-state index >= 15 is 0 Å². The minimum atomic E-state index is 0.905. The van der Waals surface area contributed by atoms with Gasteiger partial charge in [-0.2, -0.15) is 0 Å². The Balaban J connectivity index is 2.56. The molecule has 0 nitrogen and oxygen atoms in total. The van der Waals surface area contributed by atoms with E-state index in [0.29, 0.717) is 0 Å². The van der Waals surface area contributed by atoms with E-state index in [0.717, 1.165) is 29.1 Å². The molecule has 0 N–H and O–H groups in total. The summed E-state index contributed by atoms with van der Waals surface area (Å²) in [4.78, 5) is 0. The van der Waals surface area contributed by atoms with E-state index in [4.69, 9.17) is 0 Å². The van der Waals surface area contributed by atoms with E-state index in [1.165, 1.54) is 27.8 Å². The van der Waals surface area contributed by atoms with Crippen molar-refractivity contribution in [2.75, 3.05) is 0 Å². The summed E-state index contributed by atoms with van der Waals surface area (Å²) in [5.74, 6) is 2.90. The first-order valence-corrected chi connectivity index (χ1v) is 7.47. The zero-order chi connectivity index (χ0) is 10.7. The molecule has 0 radical (unpaired) electrons. The Bertz CT molecular complexity index is 165. The lowest BCUT2D eigenvalue weighted by molar-refractivity contribution is 0.292. The summed E-state index contributed by atoms with van der Waals surface area (Å²) in [7, 11) is 1.23. The number of rotatable bonds is 4. The van der Waals surface area contributed by atoms with Crippen LogP contribution in [0.15, 0.2) is 0 Å². The maximum atomic E-state index is 2.48. The molecule has 1 saturated heterocycles. The lowest BCUT2D eigenvalue weighted by Gasteiger charge is -2.28. The molecule has 0 aromatic heterocycles. The second kappa shape index (κ2) is 5.50. The van der Waals surface area contributed by atoms with Crippen molar-refractivity contribution in [1.29, 1.82) is 0 Å². The second-order valence-electron chi connectivity index (χ2n) is 5.50. The van der Waals surface area contributed by atoms with Crippen LogP contribution >= 0.6 is 8.58 Å². The molecule has 1 rings (SSSR count). The quantitative estimate of drug-likeness (QED) is 0.603. The first-order valence-electron chi connectivity index (χ1n) is 6.32. The zero-order valence-electron chi connectivity index (χ0n) is 10.5. The van der Waals surface area contributed by atoms with Gasteiger partial charge in [-0.1, -0.05) is 47.5 Å². The van der Waals surface area contributed by atoms with E-state index in [2.05, 4.69) is 34.6 Å². The molecular formula is C13H27P. The van der Waals surface area contributed by atoms with E-state index < -0.39 is 0 Å². The zero-order valence-corrected chi connectivity index (χ0v) is 11.5. The standard InChI is InChI=1S/C13H27P/c1-6-7-10(4)12-8-11(5)14-13(12)9(2)3/h9-14H,6-8H2,1-5H3. The lowest BCUT2D eigenvalue weighted by Crippen LogP contribution is -2.23. The summed E-state index contributed by atoms with van der Waals surface area (Å²) >= 11 is 0. The molecule has 5 unspecified atom stereocenters. The summed E-state index contributed by atoms with van der Waals surface area (Å²) in [6.07, 6.45) is 4.30. The van der Waals surface area contributed by atoms with Crippen molar-refractivity contribution in [2.24, 2.45) is 17.8 Å². The van der Waals surface area contributed by atoms with Gasteiger partial charge in [0, 0.05) is 0 Å². The van der Waals surface area contributed by atoms with Gasteiger partial charge in [-0.3, -0.25) is 0 Å². The molecular weight excluding hydrogens is 187 g/mol. The van der Waals surface area contributed by atoms with Gasteiger partial charge < -0.3 is 0 Å². The predicted molar refractivity (Wildman–Crippen MR) is 68.6 cm³/mol. The highest BCUT2D eigenvalue weighted by molar-refractivity contribution is 7.40. The topological polar surface area (TPSA) is 0 Å². The van der Waals surface area contributed by atoms with Gasteiger partial charge in [0.25, 0.3) is 0 Å². The van der Waals surface area contributed by atoms with Gasteiger partial charge in [-0.15, -0.1) is 8.58 Å². The molecule has 0 saturated carbocycles. The van der Waals surface area contributed by atoms with E-state index in [1.807, 2.05) is 0 Å². The van der Waals surface area contributed by atoms with Crippen molar-refractivity contribution in [2.45, 2.75) is 65.2 Å². The summed E-state index contributed by atoms with van der Waals surface area (Å²) in [5.41, 5.74) is 2.04. The molecule has 0 amide bonds. The first kappa shape index (κ1) is 12.5. The van der Waals surface area contributed by atoms with Crippen LogP contribution in [0.25, 0.3) is 0 Å². The molecule has 14 heavy (non-hydrogen) atoms. The van der Waals surface area contributed by atoms with Gasteiger partial charge in [-0.05, 0) is 35.5 Å². The minimum absolute atomic E-state index is 0.905. The van der Waals surface area contributed by atoms with Crippen LogP contribution in [0.4, 0.5) is 0 Å². The minimum Gasteiger partial charge on any atom is -0.115 e. The fourth-order valence-electron chi connectivity index (χ4n) is 3.02. The van der Waals surface area contributed by atoms with Crippen LogP contribution in [0.3, 0.4) is 0 Å². The van der Waals surface area contributed by atoms with Crippen LogP contribution in [0.5, 0.6) is 0 Å². The van der Waals surface area contributed by atoms with Gasteiger partial charge in [0.05, 0.1) is 0 Å². The van der Waals surface area contributed by atoms with Gasteiger partial charge in [0.15, 0.2) is 0 Å². The van der Waals surface area contributed by atoms with E-state index in [1.54, 1.807) is 0 Å². The fraction of sp³-hybridized carbons (Fsp3) is 1.00. The Kier molecular flexibility index (Phi) is 4.91. The number of hydrogen-bond donors (Lipinski definition) is 0. The van der Waals surface area contributed by atoms with Gasteiger partial charge in [0.2, 0.25) is 0 Å². The van der Waals surface area contributed by atoms with Gasteiger partial charge >= 0.3 is 0 Å². The average molecular weight is 214 g/mol. The van der Waals surface area contributed by atoms with Gasteiger partial charge in [-0.25, -0.2) is 0 Å². The highest BCUT2D eigenvalue weighted by Gasteiger charge is 2.36. The SMILES string of the molecule is CCCC(C)C1CC(C)PC1C(C)C. The normalized spacial score (nSPS) is 36.9. The molecule has 1 aliphatic rings. The molecule has 1 fully saturated rings. The van der Waals surface area contributed by atoms with Crippen LogP contribution in [-0.2, 0) is 0 Å². The van der Waals surface area contributed by atoms with Crippen LogP contribution in [0.2, 0.25) is 0 Å². The summed E-state index contributed by atoms with van der Waals surface area (Å²) < 4.78 is 0. The molecule has 0 spiro atoms.